The standard InChI is InChI=1S/C27H35N3O8/c1-14(2)21(24(32)33)29-19(31)8-11-28-25(34)37-17-7-9-27(35)18-13-15-5-6-16(36-4)22-20(15)26(27,23(17)38-22)10-12-30(18)3/h5-7,14,18,21,23,35H,8-13H2,1-4H3,(H,28,34)(H,29,31)(H,32,33)/t18?,21?,23-,26-,27+/m0/s1. The van der Waals surface area contributed by atoms with Gasteiger partial charge in [-0.3, -0.25) is 4.79 Å². The van der Waals surface area contributed by atoms with Gasteiger partial charge in [0.2, 0.25) is 5.91 Å². The van der Waals surface area contributed by atoms with E-state index in [1.165, 1.54) is 0 Å². The number of aliphatic hydroxyl groups is 1. The molecule has 1 saturated heterocycles. The molecule has 2 amide bonds. The molecule has 206 valence electrons. The van der Waals surface area contributed by atoms with Crippen LogP contribution in [-0.2, 0) is 26.2 Å². The van der Waals surface area contributed by atoms with Gasteiger partial charge in [0.05, 0.1) is 18.1 Å². The van der Waals surface area contributed by atoms with Crippen LogP contribution in [0.2, 0.25) is 0 Å². The predicted octanol–water partition coefficient (Wildman–Crippen LogP) is 1.31. The van der Waals surface area contributed by atoms with Gasteiger partial charge in [0.15, 0.2) is 17.6 Å². The van der Waals surface area contributed by atoms with Crippen LogP contribution in [0.15, 0.2) is 24.0 Å². The number of piperidine rings is 1. The van der Waals surface area contributed by atoms with Crippen molar-refractivity contribution in [1.29, 1.82) is 0 Å². The highest BCUT2D eigenvalue weighted by Crippen LogP contribution is 2.65. The molecule has 0 aromatic heterocycles. The Hall–Kier alpha value is -3.31. The molecule has 2 aliphatic heterocycles. The van der Waals surface area contributed by atoms with Gasteiger partial charge in [-0.2, -0.15) is 0 Å². The Balaban J connectivity index is 1.32. The van der Waals surface area contributed by atoms with Gasteiger partial charge >= 0.3 is 12.1 Å². The summed E-state index contributed by atoms with van der Waals surface area (Å²) in [6.45, 7) is 4.13. The Morgan fingerprint density at radius 2 is 2.05 bits per heavy atom. The zero-order valence-corrected chi connectivity index (χ0v) is 22.1. The van der Waals surface area contributed by atoms with E-state index in [1.54, 1.807) is 27.0 Å². The number of nitrogens with zero attached hydrogens (tertiary/aromatic N) is 1. The lowest BCUT2D eigenvalue weighted by atomic mass is 9.50. The molecule has 2 heterocycles. The highest BCUT2D eigenvalue weighted by atomic mass is 16.6. The first-order valence-electron chi connectivity index (χ1n) is 13.0. The average Bonchev–Trinajstić information content (AvgIpc) is 3.22. The van der Waals surface area contributed by atoms with Gasteiger partial charge in [0.1, 0.15) is 11.8 Å². The van der Waals surface area contributed by atoms with Gasteiger partial charge in [0, 0.05) is 31.0 Å². The molecule has 2 aliphatic carbocycles. The summed E-state index contributed by atoms with van der Waals surface area (Å²) in [6, 6.07) is 2.79. The topological polar surface area (TPSA) is 147 Å². The minimum absolute atomic E-state index is 0.0337. The zero-order chi connectivity index (χ0) is 27.4. The molecule has 1 spiro atoms. The van der Waals surface area contributed by atoms with Crippen molar-refractivity contribution in [2.24, 2.45) is 5.92 Å². The summed E-state index contributed by atoms with van der Waals surface area (Å²) in [7, 11) is 3.60. The van der Waals surface area contributed by atoms with Gasteiger partial charge in [-0.15, -0.1) is 0 Å². The molecule has 11 heteroatoms. The zero-order valence-electron chi connectivity index (χ0n) is 22.1. The number of carboxylic acids is 1. The molecule has 2 unspecified atom stereocenters. The number of aliphatic carboxylic acids is 1. The van der Waals surface area contributed by atoms with Crippen LogP contribution >= 0.6 is 0 Å². The average molecular weight is 530 g/mol. The van der Waals surface area contributed by atoms with Gasteiger partial charge in [0.25, 0.3) is 0 Å². The summed E-state index contributed by atoms with van der Waals surface area (Å²) >= 11 is 0. The number of likely N-dealkylation sites (N-methyl/N-ethyl adjacent to an activating group) is 1. The Morgan fingerprint density at radius 3 is 2.74 bits per heavy atom. The number of likely N-dealkylation sites (tertiary alicyclic amines) is 1. The molecule has 0 saturated carbocycles. The van der Waals surface area contributed by atoms with E-state index in [1.807, 2.05) is 19.2 Å². The Labute approximate surface area is 221 Å². The summed E-state index contributed by atoms with van der Waals surface area (Å²) in [5.74, 6) is -0.399. The van der Waals surface area contributed by atoms with Crippen LogP contribution in [0, 0.1) is 5.92 Å². The second kappa shape index (κ2) is 9.46. The first kappa shape index (κ1) is 26.3. The molecule has 2 bridgehead atoms. The number of benzene rings is 1. The van der Waals surface area contributed by atoms with Crippen molar-refractivity contribution in [3.63, 3.8) is 0 Å². The molecule has 4 aliphatic rings. The van der Waals surface area contributed by atoms with E-state index in [9.17, 15) is 24.6 Å². The molecule has 0 radical (unpaired) electrons. The maximum Gasteiger partial charge on any atom is 0.412 e. The van der Waals surface area contributed by atoms with Gasteiger partial charge < -0.3 is 40.0 Å². The van der Waals surface area contributed by atoms with E-state index in [-0.39, 0.29) is 24.9 Å². The maximum absolute atomic E-state index is 12.7. The number of ether oxygens (including phenoxy) is 3. The monoisotopic (exact) mass is 529 g/mol. The SMILES string of the molecule is COc1ccc2c3c1O[C@H]1C(OC(=O)NCCC(=O)NC(C(=O)O)C(C)C)=CC[C@@]4(O)C(C2)N(C)CC[C@]314. The van der Waals surface area contributed by atoms with Gasteiger partial charge in [-0.05, 0) is 50.1 Å². The fraction of sp³-hybridized carbons (Fsp3) is 0.593. The number of amides is 2. The number of carboxylic acid groups (broad SMARTS) is 1. The molecule has 5 rings (SSSR count). The Kier molecular flexibility index (Phi) is 6.55. The van der Waals surface area contributed by atoms with E-state index in [0.29, 0.717) is 36.5 Å². The molecule has 4 N–H and O–H groups in total. The van der Waals surface area contributed by atoms with Gasteiger partial charge in [-0.1, -0.05) is 19.9 Å². The third-order valence-corrected chi connectivity index (χ3v) is 8.64. The molecule has 38 heavy (non-hydrogen) atoms. The number of carbonyl (C=O) groups excluding carboxylic acids is 2. The number of nitrogens with one attached hydrogen (secondary N) is 2. The first-order chi connectivity index (χ1) is 18.0. The van der Waals surface area contributed by atoms with Crippen LogP contribution in [0.1, 0.15) is 44.2 Å². The number of hydrogen-bond acceptors (Lipinski definition) is 8. The normalized spacial score (nSPS) is 29.5. The van der Waals surface area contributed by atoms with E-state index >= 15 is 0 Å². The molecule has 5 atom stereocenters. The second-order valence-corrected chi connectivity index (χ2v) is 11.0. The minimum Gasteiger partial charge on any atom is -0.493 e. The molecule has 1 fully saturated rings. The summed E-state index contributed by atoms with van der Waals surface area (Å²) in [5.41, 5.74) is 0.156. The lowest BCUT2D eigenvalue weighted by Crippen LogP contribution is -2.74. The number of hydrogen-bond donors (Lipinski definition) is 4. The van der Waals surface area contributed by atoms with Crippen molar-refractivity contribution in [2.75, 3.05) is 27.2 Å². The predicted molar refractivity (Wildman–Crippen MR) is 135 cm³/mol. The lowest BCUT2D eigenvalue weighted by Gasteiger charge is -2.61. The molecule has 1 aromatic carbocycles. The van der Waals surface area contributed by atoms with E-state index < -0.39 is 41.1 Å². The van der Waals surface area contributed by atoms with Crippen LogP contribution in [0.4, 0.5) is 4.79 Å². The lowest BCUT2D eigenvalue weighted by molar-refractivity contribution is -0.163. The van der Waals surface area contributed by atoms with Crippen molar-refractivity contribution < 1.29 is 38.8 Å². The number of rotatable bonds is 8. The van der Waals surface area contributed by atoms with Crippen LogP contribution < -0.4 is 20.1 Å². The fourth-order valence-electron chi connectivity index (χ4n) is 6.77. The molecular formula is C27H35N3O8. The van der Waals surface area contributed by atoms with Crippen LogP contribution in [0.25, 0.3) is 0 Å². The largest absolute Gasteiger partial charge is 0.493 e. The first-order valence-corrected chi connectivity index (χ1v) is 13.0. The number of carbonyl (C=O) groups is 3. The van der Waals surface area contributed by atoms with Crippen molar-refractivity contribution in [1.82, 2.24) is 15.5 Å². The van der Waals surface area contributed by atoms with Gasteiger partial charge in [-0.25, -0.2) is 9.59 Å². The summed E-state index contributed by atoms with van der Waals surface area (Å²) < 4.78 is 17.7. The fourth-order valence-corrected chi connectivity index (χ4v) is 6.77. The summed E-state index contributed by atoms with van der Waals surface area (Å²) in [6.07, 6.45) is 1.77. The van der Waals surface area contributed by atoms with E-state index in [0.717, 1.165) is 17.7 Å². The second-order valence-electron chi connectivity index (χ2n) is 11.0. The van der Waals surface area contributed by atoms with Crippen LogP contribution in [-0.4, -0.2) is 84.1 Å². The van der Waals surface area contributed by atoms with Crippen LogP contribution in [0.3, 0.4) is 0 Å². The Morgan fingerprint density at radius 1 is 1.29 bits per heavy atom. The molecule has 11 nitrogen and oxygen atoms in total. The Bertz CT molecular complexity index is 1200. The van der Waals surface area contributed by atoms with Crippen molar-refractivity contribution in [2.45, 2.75) is 68.7 Å². The van der Waals surface area contributed by atoms with E-state index in [4.69, 9.17) is 14.2 Å². The highest BCUT2D eigenvalue weighted by molar-refractivity contribution is 5.84. The molecular weight excluding hydrogens is 494 g/mol. The van der Waals surface area contributed by atoms with Crippen molar-refractivity contribution >= 4 is 18.0 Å². The van der Waals surface area contributed by atoms with Crippen LogP contribution in [0.5, 0.6) is 11.5 Å². The highest BCUT2D eigenvalue weighted by Gasteiger charge is 2.72. The quantitative estimate of drug-likeness (QED) is 0.391. The summed E-state index contributed by atoms with van der Waals surface area (Å²) in [4.78, 5) is 38.4. The minimum atomic E-state index is -1.11. The molecule has 1 aromatic rings. The third-order valence-electron chi connectivity index (χ3n) is 8.64. The number of alkyl carbamates (subject to hydrolysis) is 1. The maximum atomic E-state index is 12.7. The smallest absolute Gasteiger partial charge is 0.412 e. The summed E-state index contributed by atoms with van der Waals surface area (Å²) in [5, 5.41) is 26.5. The van der Waals surface area contributed by atoms with Crippen molar-refractivity contribution in [3.8, 4) is 11.5 Å². The van der Waals surface area contributed by atoms with Crippen molar-refractivity contribution in [3.05, 3.63) is 35.1 Å². The number of methoxy groups -OCH3 is 1. The third kappa shape index (κ3) is 3.82. The van der Waals surface area contributed by atoms with E-state index in [2.05, 4.69) is 15.5 Å².